The fourth-order valence-electron chi connectivity index (χ4n) is 2.82. The lowest BCUT2D eigenvalue weighted by molar-refractivity contribution is -0.121. The fraction of sp³-hybridized carbons (Fsp3) is 0.222. The third kappa shape index (κ3) is 4.39. The summed E-state index contributed by atoms with van der Waals surface area (Å²) in [7, 11) is 0. The van der Waals surface area contributed by atoms with Crippen molar-refractivity contribution >= 4 is 34.2 Å². The maximum Gasteiger partial charge on any atom is 0.312 e. The Hall–Kier alpha value is -2.80. The average molecular weight is 356 g/mol. The number of carbonyl (C=O) groups is 2. The number of carbonyl (C=O) groups excluding carboxylic acids is 2. The van der Waals surface area contributed by atoms with E-state index >= 15 is 0 Å². The highest BCUT2D eigenvalue weighted by Crippen LogP contribution is 2.22. The second-order valence-electron chi connectivity index (χ2n) is 5.74. The van der Waals surface area contributed by atoms with E-state index in [1.165, 1.54) is 22.3 Å². The van der Waals surface area contributed by atoms with Crippen LogP contribution in [0.3, 0.4) is 0 Å². The zero-order valence-electron chi connectivity index (χ0n) is 13.6. The van der Waals surface area contributed by atoms with E-state index in [1.54, 1.807) is 0 Å². The molecule has 2 aromatic heterocycles. The van der Waals surface area contributed by atoms with E-state index in [9.17, 15) is 9.59 Å². The summed E-state index contributed by atoms with van der Waals surface area (Å²) in [4.78, 5) is 27.5. The number of hydrogen-bond acceptors (Lipinski definition) is 3. The Kier molecular flexibility index (Phi) is 5.35. The second-order valence-corrected chi connectivity index (χ2v) is 6.72. The first-order valence-electron chi connectivity index (χ1n) is 8.04. The number of fused-ring (bicyclic) bond motifs is 1. The molecule has 7 heteroatoms. The Balaban J connectivity index is 1.54. The van der Waals surface area contributed by atoms with Gasteiger partial charge in [-0.15, -0.1) is 11.3 Å². The van der Waals surface area contributed by atoms with Crippen molar-refractivity contribution in [3.8, 4) is 0 Å². The molecule has 0 aliphatic heterocycles. The molecular formula is C18H20N4O2S. The van der Waals surface area contributed by atoms with Crippen LogP contribution in [0.4, 0.5) is 4.79 Å². The van der Waals surface area contributed by atoms with Crippen molar-refractivity contribution in [3.05, 3.63) is 58.4 Å². The lowest BCUT2D eigenvalue weighted by Crippen LogP contribution is -2.36. The topological polar surface area (TPSA) is 100 Å². The summed E-state index contributed by atoms with van der Waals surface area (Å²) < 4.78 is 0. The molecule has 0 bridgehead atoms. The molecule has 0 saturated carbocycles. The van der Waals surface area contributed by atoms with Crippen LogP contribution in [-0.4, -0.2) is 23.5 Å². The van der Waals surface area contributed by atoms with E-state index in [4.69, 9.17) is 5.73 Å². The largest absolute Gasteiger partial charge is 0.361 e. The Bertz CT molecular complexity index is 857. The van der Waals surface area contributed by atoms with E-state index in [1.807, 2.05) is 41.9 Å². The quantitative estimate of drug-likeness (QED) is 0.523. The van der Waals surface area contributed by atoms with Gasteiger partial charge < -0.3 is 21.4 Å². The minimum Gasteiger partial charge on any atom is -0.361 e. The number of thiophene rings is 1. The number of amides is 3. The molecule has 3 aromatic rings. The van der Waals surface area contributed by atoms with Crippen molar-refractivity contribution in [2.24, 2.45) is 5.73 Å². The number of urea groups is 1. The van der Waals surface area contributed by atoms with Gasteiger partial charge in [0, 0.05) is 28.5 Å². The van der Waals surface area contributed by atoms with Gasteiger partial charge >= 0.3 is 6.03 Å². The predicted octanol–water partition coefficient (Wildman–Crippen LogP) is 2.69. The SMILES string of the molecule is NC(=O)NC(CC(=O)NCCc1c[nH]c2ccccc12)c1cccs1. The van der Waals surface area contributed by atoms with Crippen molar-refractivity contribution in [1.82, 2.24) is 15.6 Å². The molecule has 0 aliphatic carbocycles. The van der Waals surface area contributed by atoms with Gasteiger partial charge in [-0.05, 0) is 29.5 Å². The molecule has 0 spiro atoms. The third-order valence-corrected chi connectivity index (χ3v) is 4.97. The molecule has 0 fully saturated rings. The second kappa shape index (κ2) is 7.85. The van der Waals surface area contributed by atoms with Crippen LogP contribution in [0.2, 0.25) is 0 Å². The number of nitrogens with one attached hydrogen (secondary N) is 3. The predicted molar refractivity (Wildman–Crippen MR) is 99.4 cm³/mol. The van der Waals surface area contributed by atoms with Crippen LogP contribution in [0.25, 0.3) is 10.9 Å². The summed E-state index contributed by atoms with van der Waals surface area (Å²) in [5.41, 5.74) is 7.47. The number of para-hydroxylation sites is 1. The van der Waals surface area contributed by atoms with Crippen LogP contribution in [0.1, 0.15) is 22.9 Å². The molecule has 5 N–H and O–H groups in total. The number of hydrogen-bond donors (Lipinski definition) is 4. The van der Waals surface area contributed by atoms with Crippen molar-refractivity contribution in [3.63, 3.8) is 0 Å². The molecule has 25 heavy (non-hydrogen) atoms. The number of rotatable bonds is 7. The maximum absolute atomic E-state index is 12.2. The highest BCUT2D eigenvalue weighted by Gasteiger charge is 2.18. The van der Waals surface area contributed by atoms with Crippen molar-refractivity contribution < 1.29 is 9.59 Å². The fourth-order valence-corrected chi connectivity index (χ4v) is 3.59. The molecule has 3 amide bonds. The van der Waals surface area contributed by atoms with Gasteiger partial charge in [0.1, 0.15) is 0 Å². The number of nitrogens with two attached hydrogens (primary N) is 1. The molecule has 6 nitrogen and oxygen atoms in total. The zero-order valence-corrected chi connectivity index (χ0v) is 14.4. The van der Waals surface area contributed by atoms with Gasteiger partial charge in [-0.25, -0.2) is 4.79 Å². The molecule has 0 saturated heterocycles. The van der Waals surface area contributed by atoms with Gasteiger partial charge in [0.05, 0.1) is 12.5 Å². The van der Waals surface area contributed by atoms with Crippen LogP contribution in [-0.2, 0) is 11.2 Å². The average Bonchev–Trinajstić information content (AvgIpc) is 3.24. The summed E-state index contributed by atoms with van der Waals surface area (Å²) in [6.45, 7) is 0.536. The van der Waals surface area contributed by atoms with Crippen LogP contribution in [0.5, 0.6) is 0 Å². The molecule has 3 rings (SSSR count). The Labute approximate surface area is 149 Å². The van der Waals surface area contributed by atoms with Gasteiger partial charge in [-0.1, -0.05) is 24.3 Å². The van der Waals surface area contributed by atoms with E-state index in [0.717, 1.165) is 16.8 Å². The Morgan fingerprint density at radius 1 is 1.20 bits per heavy atom. The summed E-state index contributed by atoms with van der Waals surface area (Å²) in [6.07, 6.45) is 2.87. The van der Waals surface area contributed by atoms with Crippen molar-refractivity contribution in [2.45, 2.75) is 18.9 Å². The number of primary amides is 1. The normalized spacial score (nSPS) is 12.0. The minimum absolute atomic E-state index is 0.119. The van der Waals surface area contributed by atoms with E-state index in [2.05, 4.69) is 21.7 Å². The van der Waals surface area contributed by atoms with Crippen LogP contribution in [0.15, 0.2) is 48.0 Å². The first kappa shape index (κ1) is 17.0. The molecule has 2 heterocycles. The van der Waals surface area contributed by atoms with E-state index in [-0.39, 0.29) is 12.3 Å². The van der Waals surface area contributed by atoms with Gasteiger partial charge in [-0.2, -0.15) is 0 Å². The monoisotopic (exact) mass is 356 g/mol. The summed E-state index contributed by atoms with van der Waals surface area (Å²) in [5, 5.41) is 8.61. The highest BCUT2D eigenvalue weighted by atomic mass is 32.1. The molecule has 1 atom stereocenters. The summed E-state index contributed by atoms with van der Waals surface area (Å²) >= 11 is 1.48. The standard InChI is InChI=1S/C18H20N4O2S/c19-18(24)22-15(16-6-3-9-25-16)10-17(23)20-8-7-12-11-21-14-5-2-1-4-13(12)14/h1-6,9,11,15,21H,7-8,10H2,(H,20,23)(H3,19,22,24). The lowest BCUT2D eigenvalue weighted by Gasteiger charge is -2.15. The molecule has 1 unspecified atom stereocenters. The van der Waals surface area contributed by atoms with Gasteiger partial charge in [0.2, 0.25) is 5.91 Å². The molecule has 1 aromatic carbocycles. The van der Waals surface area contributed by atoms with Crippen LogP contribution >= 0.6 is 11.3 Å². The van der Waals surface area contributed by atoms with Gasteiger partial charge in [-0.3, -0.25) is 4.79 Å². The number of H-pyrrole nitrogens is 1. The Morgan fingerprint density at radius 3 is 2.80 bits per heavy atom. The smallest absolute Gasteiger partial charge is 0.312 e. The molecule has 0 radical (unpaired) electrons. The van der Waals surface area contributed by atoms with E-state index in [0.29, 0.717) is 6.54 Å². The number of benzene rings is 1. The first-order chi connectivity index (χ1) is 12.1. The van der Waals surface area contributed by atoms with Gasteiger partial charge in [0.15, 0.2) is 0 Å². The van der Waals surface area contributed by atoms with Crippen molar-refractivity contribution in [2.75, 3.05) is 6.54 Å². The molecular weight excluding hydrogens is 336 g/mol. The molecule has 0 aliphatic rings. The third-order valence-electron chi connectivity index (χ3n) is 3.98. The summed E-state index contributed by atoms with van der Waals surface area (Å²) in [5.74, 6) is -0.119. The maximum atomic E-state index is 12.2. The number of aromatic amines is 1. The Morgan fingerprint density at radius 2 is 2.04 bits per heavy atom. The minimum atomic E-state index is -0.634. The van der Waals surface area contributed by atoms with Crippen LogP contribution < -0.4 is 16.4 Å². The number of aromatic nitrogens is 1. The molecule has 130 valence electrons. The first-order valence-corrected chi connectivity index (χ1v) is 8.92. The zero-order chi connectivity index (χ0) is 17.6. The highest BCUT2D eigenvalue weighted by molar-refractivity contribution is 7.10. The van der Waals surface area contributed by atoms with Crippen molar-refractivity contribution in [1.29, 1.82) is 0 Å². The van der Waals surface area contributed by atoms with Gasteiger partial charge in [0.25, 0.3) is 0 Å². The van der Waals surface area contributed by atoms with E-state index < -0.39 is 12.1 Å². The lowest BCUT2D eigenvalue weighted by atomic mass is 10.1. The van der Waals surface area contributed by atoms with Crippen LogP contribution in [0, 0.1) is 0 Å². The summed E-state index contributed by atoms with van der Waals surface area (Å²) in [6, 6.07) is 10.8.